The second-order valence-electron chi connectivity index (χ2n) is 6.02. The van der Waals surface area contributed by atoms with E-state index in [1.807, 2.05) is 26.2 Å². The first kappa shape index (κ1) is 16.2. The summed E-state index contributed by atoms with van der Waals surface area (Å²) in [7, 11) is 0. The number of hydrogen-bond acceptors (Lipinski definition) is 6. The second-order valence-corrected chi connectivity index (χ2v) is 6.86. The minimum Gasteiger partial charge on any atom is -0.465 e. The van der Waals surface area contributed by atoms with Crippen molar-refractivity contribution >= 4 is 22.4 Å². The zero-order valence-electron chi connectivity index (χ0n) is 13.4. The number of thiazole rings is 1. The minimum atomic E-state index is -0.714. The van der Waals surface area contributed by atoms with Gasteiger partial charge in [0.15, 0.2) is 5.13 Å². The Morgan fingerprint density at radius 1 is 1.48 bits per heavy atom. The molecule has 6 heteroatoms. The van der Waals surface area contributed by atoms with E-state index in [1.165, 1.54) is 0 Å². The standard InChI is InChI=1S/C15H24N2O3S/c1-6-19-13(18)15(4,5)12-9-21-14(16-12)17-7-10(2)20-11(3)8-17/h9-11H,6-8H2,1-5H3/t10-,11+. The number of aromatic nitrogens is 1. The number of hydrogen-bond donors (Lipinski definition) is 0. The van der Waals surface area contributed by atoms with Crippen LogP contribution in [0.5, 0.6) is 0 Å². The molecule has 21 heavy (non-hydrogen) atoms. The maximum absolute atomic E-state index is 12.1. The molecule has 2 heterocycles. The Labute approximate surface area is 130 Å². The molecule has 2 atom stereocenters. The van der Waals surface area contributed by atoms with Crippen LogP contribution in [0.1, 0.15) is 40.3 Å². The first-order chi connectivity index (χ1) is 9.84. The smallest absolute Gasteiger partial charge is 0.317 e. The van der Waals surface area contributed by atoms with Gasteiger partial charge in [-0.1, -0.05) is 0 Å². The molecule has 0 amide bonds. The highest BCUT2D eigenvalue weighted by Gasteiger charge is 2.35. The van der Waals surface area contributed by atoms with Crippen molar-refractivity contribution in [1.82, 2.24) is 4.98 Å². The van der Waals surface area contributed by atoms with Crippen LogP contribution in [-0.2, 0) is 19.7 Å². The molecule has 118 valence electrons. The molecule has 2 rings (SSSR count). The van der Waals surface area contributed by atoms with Crippen LogP contribution in [0.2, 0.25) is 0 Å². The monoisotopic (exact) mass is 312 g/mol. The predicted octanol–water partition coefficient (Wildman–Crippen LogP) is 2.60. The lowest BCUT2D eigenvalue weighted by Crippen LogP contribution is -2.45. The van der Waals surface area contributed by atoms with Crippen LogP contribution < -0.4 is 4.90 Å². The number of carbonyl (C=O) groups excluding carboxylic acids is 1. The van der Waals surface area contributed by atoms with Crippen molar-refractivity contribution < 1.29 is 14.3 Å². The normalized spacial score (nSPS) is 23.2. The molecule has 0 spiro atoms. The largest absolute Gasteiger partial charge is 0.465 e. The quantitative estimate of drug-likeness (QED) is 0.800. The molecule has 0 aliphatic carbocycles. The zero-order chi connectivity index (χ0) is 15.6. The summed E-state index contributed by atoms with van der Waals surface area (Å²) in [5.74, 6) is -0.231. The maximum atomic E-state index is 12.1. The van der Waals surface area contributed by atoms with Crippen molar-refractivity contribution in [3.63, 3.8) is 0 Å². The summed E-state index contributed by atoms with van der Waals surface area (Å²) in [4.78, 5) is 19.0. The fourth-order valence-electron chi connectivity index (χ4n) is 2.45. The molecule has 1 saturated heterocycles. The number of morpholine rings is 1. The fourth-order valence-corrected chi connectivity index (χ4v) is 3.46. The van der Waals surface area contributed by atoms with Crippen molar-refractivity contribution in [3.8, 4) is 0 Å². The Hall–Kier alpha value is -1.14. The topological polar surface area (TPSA) is 51.7 Å². The van der Waals surface area contributed by atoms with Crippen molar-refractivity contribution in [2.75, 3.05) is 24.6 Å². The summed E-state index contributed by atoms with van der Waals surface area (Å²) >= 11 is 1.57. The molecule has 1 aromatic heterocycles. The van der Waals surface area contributed by atoms with E-state index in [0.29, 0.717) is 6.61 Å². The summed E-state index contributed by atoms with van der Waals surface area (Å²) < 4.78 is 10.9. The lowest BCUT2D eigenvalue weighted by atomic mass is 9.90. The first-order valence-corrected chi connectivity index (χ1v) is 8.26. The Balaban J connectivity index is 2.15. The molecule has 0 bridgehead atoms. The number of ether oxygens (including phenoxy) is 2. The number of carbonyl (C=O) groups is 1. The van der Waals surface area contributed by atoms with Crippen LogP contribution in [0, 0.1) is 0 Å². The Kier molecular flexibility index (Phi) is 4.88. The summed E-state index contributed by atoms with van der Waals surface area (Å²) in [6, 6.07) is 0. The van der Waals surface area contributed by atoms with E-state index in [1.54, 1.807) is 11.3 Å². The number of nitrogens with zero attached hydrogens (tertiary/aromatic N) is 2. The summed E-state index contributed by atoms with van der Waals surface area (Å²) in [5, 5.41) is 2.90. The highest BCUT2D eigenvalue weighted by atomic mass is 32.1. The maximum Gasteiger partial charge on any atom is 0.317 e. The van der Waals surface area contributed by atoms with E-state index in [-0.39, 0.29) is 18.2 Å². The van der Waals surface area contributed by atoms with Crippen molar-refractivity contribution in [3.05, 3.63) is 11.1 Å². The van der Waals surface area contributed by atoms with Crippen molar-refractivity contribution in [1.29, 1.82) is 0 Å². The van der Waals surface area contributed by atoms with Gasteiger partial charge in [0.25, 0.3) is 0 Å². The third kappa shape index (κ3) is 3.55. The van der Waals surface area contributed by atoms with E-state index < -0.39 is 5.41 Å². The summed E-state index contributed by atoms with van der Waals surface area (Å²) in [6.07, 6.45) is 0.387. The molecule has 0 unspecified atom stereocenters. The number of esters is 1. The Morgan fingerprint density at radius 3 is 2.67 bits per heavy atom. The average molecular weight is 312 g/mol. The average Bonchev–Trinajstić information content (AvgIpc) is 2.88. The van der Waals surface area contributed by atoms with E-state index in [0.717, 1.165) is 23.9 Å². The molecule has 0 saturated carbocycles. The summed E-state index contributed by atoms with van der Waals surface area (Å²) in [6.45, 7) is 11.7. The van der Waals surface area contributed by atoms with Gasteiger partial charge in [-0.25, -0.2) is 4.98 Å². The van der Waals surface area contributed by atoms with Gasteiger partial charge in [0, 0.05) is 18.5 Å². The third-order valence-corrected chi connectivity index (χ3v) is 4.51. The van der Waals surface area contributed by atoms with Crippen molar-refractivity contribution in [2.45, 2.75) is 52.2 Å². The highest BCUT2D eigenvalue weighted by molar-refractivity contribution is 7.13. The van der Waals surface area contributed by atoms with Crippen LogP contribution in [0.3, 0.4) is 0 Å². The molecule has 1 fully saturated rings. The van der Waals surface area contributed by atoms with Crippen LogP contribution in [0.15, 0.2) is 5.38 Å². The molecule has 1 aliphatic heterocycles. The second kappa shape index (κ2) is 6.32. The zero-order valence-corrected chi connectivity index (χ0v) is 14.2. The molecular weight excluding hydrogens is 288 g/mol. The van der Waals surface area contributed by atoms with Crippen LogP contribution in [-0.4, -0.2) is 42.9 Å². The van der Waals surface area contributed by atoms with Gasteiger partial charge < -0.3 is 14.4 Å². The van der Waals surface area contributed by atoms with Crippen LogP contribution >= 0.6 is 11.3 Å². The fraction of sp³-hybridized carbons (Fsp3) is 0.733. The summed E-state index contributed by atoms with van der Waals surface area (Å²) in [5.41, 5.74) is 0.0571. The van der Waals surface area contributed by atoms with Gasteiger partial charge in [0.05, 0.1) is 24.5 Å². The van der Waals surface area contributed by atoms with Gasteiger partial charge in [0.1, 0.15) is 5.41 Å². The number of rotatable bonds is 4. The Bertz CT molecular complexity index is 491. The van der Waals surface area contributed by atoms with Crippen LogP contribution in [0.4, 0.5) is 5.13 Å². The Morgan fingerprint density at radius 2 is 2.10 bits per heavy atom. The predicted molar refractivity (Wildman–Crippen MR) is 84.0 cm³/mol. The molecular formula is C15H24N2O3S. The molecule has 1 aromatic rings. The van der Waals surface area contributed by atoms with Gasteiger partial charge >= 0.3 is 5.97 Å². The third-order valence-electron chi connectivity index (χ3n) is 3.61. The molecule has 1 aliphatic rings. The van der Waals surface area contributed by atoms with Gasteiger partial charge in [-0.05, 0) is 34.6 Å². The van der Waals surface area contributed by atoms with Gasteiger partial charge in [-0.2, -0.15) is 0 Å². The minimum absolute atomic E-state index is 0.194. The van der Waals surface area contributed by atoms with Crippen molar-refractivity contribution in [2.24, 2.45) is 0 Å². The van der Waals surface area contributed by atoms with E-state index in [2.05, 4.69) is 23.7 Å². The van der Waals surface area contributed by atoms with Gasteiger partial charge in [-0.3, -0.25) is 4.79 Å². The molecule has 0 aromatic carbocycles. The SMILES string of the molecule is CCOC(=O)C(C)(C)c1csc(N2C[C@@H](C)O[C@@H](C)C2)n1. The molecule has 5 nitrogen and oxygen atoms in total. The first-order valence-electron chi connectivity index (χ1n) is 7.38. The van der Waals surface area contributed by atoms with E-state index in [4.69, 9.17) is 9.47 Å². The van der Waals surface area contributed by atoms with E-state index in [9.17, 15) is 4.79 Å². The number of anilines is 1. The van der Waals surface area contributed by atoms with Crippen LogP contribution in [0.25, 0.3) is 0 Å². The lowest BCUT2D eigenvalue weighted by molar-refractivity contribution is -0.148. The lowest BCUT2D eigenvalue weighted by Gasteiger charge is -2.35. The highest BCUT2D eigenvalue weighted by Crippen LogP contribution is 2.31. The molecule has 0 N–H and O–H groups in total. The van der Waals surface area contributed by atoms with Gasteiger partial charge in [0.2, 0.25) is 0 Å². The van der Waals surface area contributed by atoms with Gasteiger partial charge in [-0.15, -0.1) is 11.3 Å². The molecule has 0 radical (unpaired) electrons. The van der Waals surface area contributed by atoms with E-state index >= 15 is 0 Å².